The Bertz CT molecular complexity index is 762. The molecule has 0 bridgehead atoms. The maximum Gasteiger partial charge on any atom is 0.412 e. The molecule has 5 heteroatoms. The Balaban J connectivity index is 2.07. The van der Waals surface area contributed by atoms with Gasteiger partial charge in [-0.05, 0) is 64.4 Å². The highest BCUT2D eigenvalue weighted by Crippen LogP contribution is 2.17. The van der Waals surface area contributed by atoms with E-state index < -0.39 is 11.7 Å². The predicted octanol–water partition coefficient (Wildman–Crippen LogP) is 5.08. The Morgan fingerprint density at radius 3 is 2.11 bits per heavy atom. The third kappa shape index (κ3) is 6.44. The number of anilines is 1. The molecule has 0 spiro atoms. The summed E-state index contributed by atoms with van der Waals surface area (Å²) >= 11 is 0. The van der Waals surface area contributed by atoms with Gasteiger partial charge in [0, 0.05) is 23.8 Å². The van der Waals surface area contributed by atoms with Crippen LogP contribution in [0, 0.1) is 0 Å². The minimum absolute atomic E-state index is 0.0438. The number of hydrogen-bond acceptors (Lipinski definition) is 3. The zero-order chi connectivity index (χ0) is 20.0. The molecule has 5 nitrogen and oxygen atoms in total. The van der Waals surface area contributed by atoms with Crippen LogP contribution in [0.4, 0.5) is 10.5 Å². The highest BCUT2D eigenvalue weighted by molar-refractivity contribution is 5.95. The molecular weight excluding hydrogens is 340 g/mol. The third-order valence-corrected chi connectivity index (χ3v) is 3.86. The number of nitrogens with one attached hydrogen (secondary N) is 1. The van der Waals surface area contributed by atoms with Crippen molar-refractivity contribution in [2.45, 2.75) is 52.8 Å². The van der Waals surface area contributed by atoms with E-state index in [-0.39, 0.29) is 11.9 Å². The molecule has 1 N–H and O–H groups in total. The molecular formula is C22H28N2O3. The lowest BCUT2D eigenvalue weighted by atomic mass is 10.1. The van der Waals surface area contributed by atoms with Gasteiger partial charge in [-0.2, -0.15) is 0 Å². The van der Waals surface area contributed by atoms with E-state index in [0.29, 0.717) is 17.8 Å². The summed E-state index contributed by atoms with van der Waals surface area (Å²) in [5.74, 6) is -0.0438. The number of amides is 2. The van der Waals surface area contributed by atoms with Crippen molar-refractivity contribution in [3.05, 3.63) is 65.7 Å². The molecule has 27 heavy (non-hydrogen) atoms. The lowest BCUT2D eigenvalue weighted by molar-refractivity contribution is 0.0635. The molecule has 2 amide bonds. The van der Waals surface area contributed by atoms with E-state index in [9.17, 15) is 9.59 Å². The van der Waals surface area contributed by atoms with Crippen molar-refractivity contribution >= 4 is 17.7 Å². The van der Waals surface area contributed by atoms with Crippen molar-refractivity contribution in [3.8, 4) is 0 Å². The van der Waals surface area contributed by atoms with Crippen LogP contribution in [0.2, 0.25) is 0 Å². The molecule has 0 heterocycles. The monoisotopic (exact) mass is 368 g/mol. The minimum Gasteiger partial charge on any atom is -0.444 e. The van der Waals surface area contributed by atoms with Gasteiger partial charge in [-0.1, -0.05) is 30.3 Å². The van der Waals surface area contributed by atoms with E-state index in [1.165, 1.54) is 0 Å². The van der Waals surface area contributed by atoms with Crippen LogP contribution >= 0.6 is 0 Å². The lowest BCUT2D eigenvalue weighted by Gasteiger charge is -2.27. The quantitative estimate of drug-likeness (QED) is 0.800. The molecule has 0 fully saturated rings. The van der Waals surface area contributed by atoms with Gasteiger partial charge < -0.3 is 9.64 Å². The maximum absolute atomic E-state index is 12.9. The second-order valence-corrected chi connectivity index (χ2v) is 7.72. The fourth-order valence-corrected chi connectivity index (χ4v) is 2.55. The average molecular weight is 368 g/mol. The van der Waals surface area contributed by atoms with E-state index in [1.807, 2.05) is 69.9 Å². The summed E-state index contributed by atoms with van der Waals surface area (Å²) in [6.07, 6.45) is -0.519. The van der Waals surface area contributed by atoms with Crippen molar-refractivity contribution in [2.75, 3.05) is 5.32 Å². The zero-order valence-electron chi connectivity index (χ0n) is 16.7. The summed E-state index contributed by atoms with van der Waals surface area (Å²) < 4.78 is 5.23. The number of benzene rings is 2. The first kappa shape index (κ1) is 20.5. The highest BCUT2D eigenvalue weighted by Gasteiger charge is 2.20. The van der Waals surface area contributed by atoms with Gasteiger partial charge in [-0.3, -0.25) is 10.1 Å². The smallest absolute Gasteiger partial charge is 0.412 e. The Morgan fingerprint density at radius 2 is 1.59 bits per heavy atom. The van der Waals surface area contributed by atoms with Crippen molar-refractivity contribution < 1.29 is 14.3 Å². The molecule has 2 rings (SSSR count). The fraction of sp³-hybridized carbons (Fsp3) is 0.364. The summed E-state index contributed by atoms with van der Waals surface area (Å²) in [7, 11) is 0. The molecule has 0 aliphatic rings. The SMILES string of the molecule is CC(C)N(Cc1ccccc1)C(=O)c1ccc(NC(=O)OC(C)(C)C)cc1. The van der Waals surface area contributed by atoms with Gasteiger partial charge in [0.1, 0.15) is 5.60 Å². The number of ether oxygens (including phenoxy) is 1. The van der Waals surface area contributed by atoms with E-state index in [4.69, 9.17) is 4.74 Å². The van der Waals surface area contributed by atoms with Gasteiger partial charge in [0.25, 0.3) is 5.91 Å². The van der Waals surface area contributed by atoms with Crippen LogP contribution in [-0.2, 0) is 11.3 Å². The van der Waals surface area contributed by atoms with Crippen LogP contribution in [0.3, 0.4) is 0 Å². The van der Waals surface area contributed by atoms with Crippen molar-refractivity contribution in [3.63, 3.8) is 0 Å². The molecule has 0 aliphatic carbocycles. The summed E-state index contributed by atoms with van der Waals surface area (Å²) in [5, 5.41) is 2.67. The van der Waals surface area contributed by atoms with Gasteiger partial charge in [-0.15, -0.1) is 0 Å². The van der Waals surface area contributed by atoms with E-state index in [1.54, 1.807) is 24.3 Å². The van der Waals surface area contributed by atoms with Crippen LogP contribution in [0.15, 0.2) is 54.6 Å². The van der Waals surface area contributed by atoms with Gasteiger partial charge in [0.2, 0.25) is 0 Å². The molecule has 0 unspecified atom stereocenters. The van der Waals surface area contributed by atoms with E-state index >= 15 is 0 Å². The first-order valence-electron chi connectivity index (χ1n) is 9.10. The van der Waals surface area contributed by atoms with Crippen molar-refractivity contribution in [2.24, 2.45) is 0 Å². The largest absolute Gasteiger partial charge is 0.444 e. The maximum atomic E-state index is 12.9. The number of rotatable bonds is 5. The zero-order valence-corrected chi connectivity index (χ0v) is 16.7. The molecule has 0 atom stereocenters. The molecule has 0 saturated carbocycles. The molecule has 0 aromatic heterocycles. The Morgan fingerprint density at radius 1 is 1.00 bits per heavy atom. The van der Waals surface area contributed by atoms with E-state index in [2.05, 4.69) is 5.32 Å². The van der Waals surface area contributed by atoms with Gasteiger partial charge in [0.15, 0.2) is 0 Å². The predicted molar refractivity (Wildman–Crippen MR) is 108 cm³/mol. The van der Waals surface area contributed by atoms with Crippen LogP contribution in [0.5, 0.6) is 0 Å². The highest BCUT2D eigenvalue weighted by atomic mass is 16.6. The third-order valence-electron chi connectivity index (χ3n) is 3.86. The number of hydrogen-bond donors (Lipinski definition) is 1. The summed E-state index contributed by atoms with van der Waals surface area (Å²) in [6, 6.07) is 16.8. The number of carbonyl (C=O) groups excluding carboxylic acids is 2. The second kappa shape index (κ2) is 8.71. The normalized spacial score (nSPS) is 11.2. The van der Waals surface area contributed by atoms with Gasteiger partial charge in [-0.25, -0.2) is 4.79 Å². The summed E-state index contributed by atoms with van der Waals surface area (Å²) in [4.78, 5) is 26.6. The van der Waals surface area contributed by atoms with Crippen LogP contribution in [0.1, 0.15) is 50.5 Å². The van der Waals surface area contributed by atoms with Crippen LogP contribution in [0.25, 0.3) is 0 Å². The number of nitrogens with zero attached hydrogens (tertiary/aromatic N) is 1. The Hall–Kier alpha value is -2.82. The molecule has 0 saturated heterocycles. The summed E-state index contributed by atoms with van der Waals surface area (Å²) in [6.45, 7) is 9.97. The molecule has 0 aliphatic heterocycles. The molecule has 2 aromatic carbocycles. The van der Waals surface area contributed by atoms with Crippen LogP contribution < -0.4 is 5.32 Å². The molecule has 2 aromatic rings. The second-order valence-electron chi connectivity index (χ2n) is 7.72. The fourth-order valence-electron chi connectivity index (χ4n) is 2.55. The topological polar surface area (TPSA) is 58.6 Å². The molecule has 0 radical (unpaired) electrons. The average Bonchev–Trinajstić information content (AvgIpc) is 2.58. The lowest BCUT2D eigenvalue weighted by Crippen LogP contribution is -2.36. The minimum atomic E-state index is -0.560. The molecule has 144 valence electrons. The van der Waals surface area contributed by atoms with Crippen molar-refractivity contribution in [1.29, 1.82) is 0 Å². The Labute approximate surface area is 161 Å². The Kier molecular flexibility index (Phi) is 6.61. The summed E-state index contributed by atoms with van der Waals surface area (Å²) in [5.41, 5.74) is 1.69. The number of carbonyl (C=O) groups is 2. The first-order chi connectivity index (χ1) is 12.7. The first-order valence-corrected chi connectivity index (χ1v) is 9.10. The van der Waals surface area contributed by atoms with Crippen molar-refractivity contribution in [1.82, 2.24) is 4.90 Å². The standard InChI is InChI=1S/C22H28N2O3/c1-16(2)24(15-17-9-7-6-8-10-17)20(25)18-11-13-19(14-12-18)23-21(26)27-22(3,4)5/h6-14,16H,15H2,1-5H3,(H,23,26). The van der Waals surface area contributed by atoms with E-state index in [0.717, 1.165) is 5.56 Å². The van der Waals surface area contributed by atoms with Gasteiger partial charge in [0.05, 0.1) is 0 Å². The van der Waals surface area contributed by atoms with Gasteiger partial charge >= 0.3 is 6.09 Å². The van der Waals surface area contributed by atoms with Crippen LogP contribution in [-0.4, -0.2) is 28.5 Å².